The van der Waals surface area contributed by atoms with Crippen LogP contribution in [-0.2, 0) is 26.2 Å². The first kappa shape index (κ1) is 27.0. The fourth-order valence-corrected chi connectivity index (χ4v) is 4.23. The lowest BCUT2D eigenvalue weighted by molar-refractivity contribution is -0.139. The number of benzene rings is 2. The maximum Gasteiger partial charge on any atom is 0.244 e. The number of hydrogen-bond acceptors (Lipinski definition) is 6. The van der Waals surface area contributed by atoms with E-state index in [-0.39, 0.29) is 23.9 Å². The summed E-state index contributed by atoms with van der Waals surface area (Å²) in [6.45, 7) is 5.40. The van der Waals surface area contributed by atoms with Gasteiger partial charge in [0.05, 0.1) is 26.2 Å². The summed E-state index contributed by atoms with van der Waals surface area (Å²) in [5, 5.41) is 2.72. The molecular weight excluding hydrogens is 458 g/mol. The maximum absolute atomic E-state index is 13.5. The standard InChI is InChI=1S/C24H33N3O6S/c1-7-25-24(29)18(3)26(15-19-10-8-17(2)9-11-19)23(28)16-27(34(6,30)31)21-14-20(32-4)12-13-22(21)33-5/h8-14,18H,7,15-16H2,1-6H3,(H,25,29)/t18-/m0/s1. The van der Waals surface area contributed by atoms with Crippen molar-refractivity contribution in [3.63, 3.8) is 0 Å². The highest BCUT2D eigenvalue weighted by Gasteiger charge is 2.31. The Morgan fingerprint density at radius 1 is 1.06 bits per heavy atom. The van der Waals surface area contributed by atoms with E-state index in [4.69, 9.17) is 9.47 Å². The molecule has 1 N–H and O–H groups in total. The smallest absolute Gasteiger partial charge is 0.244 e. The molecule has 34 heavy (non-hydrogen) atoms. The summed E-state index contributed by atoms with van der Waals surface area (Å²) in [6.07, 6.45) is 1.01. The second kappa shape index (κ2) is 11.7. The van der Waals surface area contributed by atoms with Gasteiger partial charge in [-0.25, -0.2) is 8.42 Å². The van der Waals surface area contributed by atoms with Crippen molar-refractivity contribution >= 4 is 27.5 Å². The fourth-order valence-electron chi connectivity index (χ4n) is 3.38. The number of nitrogens with zero attached hydrogens (tertiary/aromatic N) is 2. The molecule has 1 atom stereocenters. The number of carbonyl (C=O) groups is 2. The molecule has 10 heteroatoms. The number of hydrogen-bond donors (Lipinski definition) is 1. The van der Waals surface area contributed by atoms with Gasteiger partial charge in [-0.3, -0.25) is 13.9 Å². The van der Waals surface area contributed by atoms with Crippen molar-refractivity contribution in [2.24, 2.45) is 0 Å². The summed E-state index contributed by atoms with van der Waals surface area (Å²) in [6, 6.07) is 11.5. The van der Waals surface area contributed by atoms with Crippen LogP contribution in [0, 0.1) is 6.92 Å². The highest BCUT2D eigenvalue weighted by atomic mass is 32.2. The van der Waals surface area contributed by atoms with Crippen LogP contribution in [0.1, 0.15) is 25.0 Å². The molecule has 9 nitrogen and oxygen atoms in total. The van der Waals surface area contributed by atoms with Crippen molar-refractivity contribution in [1.82, 2.24) is 10.2 Å². The minimum absolute atomic E-state index is 0.143. The molecule has 186 valence electrons. The van der Waals surface area contributed by atoms with Crippen molar-refractivity contribution in [1.29, 1.82) is 0 Å². The second-order valence-electron chi connectivity index (χ2n) is 7.89. The van der Waals surface area contributed by atoms with E-state index < -0.39 is 28.5 Å². The monoisotopic (exact) mass is 491 g/mol. The summed E-state index contributed by atoms with van der Waals surface area (Å²) in [4.78, 5) is 27.5. The Kier molecular flexibility index (Phi) is 9.31. The zero-order valence-corrected chi connectivity index (χ0v) is 21.3. The summed E-state index contributed by atoms with van der Waals surface area (Å²) in [5.74, 6) is -0.188. The van der Waals surface area contributed by atoms with Gasteiger partial charge in [0.15, 0.2) is 0 Å². The van der Waals surface area contributed by atoms with E-state index in [9.17, 15) is 18.0 Å². The summed E-state index contributed by atoms with van der Waals surface area (Å²) in [7, 11) is -1.02. The van der Waals surface area contributed by atoms with Crippen molar-refractivity contribution < 1.29 is 27.5 Å². The van der Waals surface area contributed by atoms with Gasteiger partial charge in [0.25, 0.3) is 0 Å². The molecule has 2 aromatic carbocycles. The Hall–Kier alpha value is -3.27. The van der Waals surface area contributed by atoms with E-state index >= 15 is 0 Å². The number of methoxy groups -OCH3 is 2. The highest BCUT2D eigenvalue weighted by Crippen LogP contribution is 2.34. The summed E-state index contributed by atoms with van der Waals surface area (Å²) in [5.41, 5.74) is 2.05. The predicted octanol–water partition coefficient (Wildman–Crippen LogP) is 2.33. The first-order chi connectivity index (χ1) is 16.0. The molecule has 0 saturated heterocycles. The molecule has 0 spiro atoms. The Labute approximate surface area is 201 Å². The maximum atomic E-state index is 13.5. The van der Waals surface area contributed by atoms with Gasteiger partial charge < -0.3 is 19.7 Å². The van der Waals surface area contributed by atoms with Gasteiger partial charge in [-0.2, -0.15) is 0 Å². The van der Waals surface area contributed by atoms with E-state index in [1.54, 1.807) is 26.0 Å². The second-order valence-corrected chi connectivity index (χ2v) is 9.79. The van der Waals surface area contributed by atoms with Crippen LogP contribution < -0.4 is 19.1 Å². The third-order valence-electron chi connectivity index (χ3n) is 5.33. The lowest BCUT2D eigenvalue weighted by atomic mass is 10.1. The number of carbonyl (C=O) groups excluding carboxylic acids is 2. The minimum atomic E-state index is -3.89. The van der Waals surface area contributed by atoms with Gasteiger partial charge in [-0.15, -0.1) is 0 Å². The first-order valence-electron chi connectivity index (χ1n) is 10.8. The van der Waals surface area contributed by atoms with Crippen molar-refractivity contribution in [2.45, 2.75) is 33.4 Å². The van der Waals surface area contributed by atoms with Crippen molar-refractivity contribution in [2.75, 3.05) is 37.9 Å². The van der Waals surface area contributed by atoms with Crippen LogP contribution in [0.15, 0.2) is 42.5 Å². The fraction of sp³-hybridized carbons (Fsp3) is 0.417. The topological polar surface area (TPSA) is 105 Å². The summed E-state index contributed by atoms with van der Waals surface area (Å²) >= 11 is 0. The Morgan fingerprint density at radius 3 is 2.24 bits per heavy atom. The molecule has 0 bridgehead atoms. The molecule has 0 aromatic heterocycles. The van der Waals surface area contributed by atoms with Crippen molar-refractivity contribution in [3.05, 3.63) is 53.6 Å². The number of likely N-dealkylation sites (N-methyl/N-ethyl adjacent to an activating group) is 1. The van der Waals surface area contributed by atoms with E-state index in [2.05, 4.69) is 5.32 Å². The van der Waals surface area contributed by atoms with Gasteiger partial charge in [0.2, 0.25) is 21.8 Å². The van der Waals surface area contributed by atoms with Crippen LogP contribution in [0.2, 0.25) is 0 Å². The minimum Gasteiger partial charge on any atom is -0.497 e. The molecule has 0 fully saturated rings. The molecule has 0 aliphatic rings. The molecule has 0 aliphatic heterocycles. The summed E-state index contributed by atoms with van der Waals surface area (Å²) < 4.78 is 37.0. The molecule has 0 saturated carbocycles. The SMILES string of the molecule is CCNC(=O)[C@H](C)N(Cc1ccc(C)cc1)C(=O)CN(c1cc(OC)ccc1OC)S(C)(=O)=O. The van der Waals surface area contributed by atoms with Crippen LogP contribution in [0.25, 0.3) is 0 Å². The van der Waals surface area contributed by atoms with Gasteiger partial charge in [0, 0.05) is 19.2 Å². The van der Waals surface area contributed by atoms with Gasteiger partial charge in [0.1, 0.15) is 24.1 Å². The number of aryl methyl sites for hydroxylation is 1. The van der Waals surface area contributed by atoms with E-state index in [1.807, 2.05) is 31.2 Å². The quantitative estimate of drug-likeness (QED) is 0.517. The number of amides is 2. The van der Waals surface area contributed by atoms with Crippen LogP contribution in [-0.4, -0.2) is 64.7 Å². The number of anilines is 1. The van der Waals surface area contributed by atoms with Crippen molar-refractivity contribution in [3.8, 4) is 11.5 Å². The van der Waals surface area contributed by atoms with Crippen LogP contribution in [0.4, 0.5) is 5.69 Å². The Morgan fingerprint density at radius 2 is 1.71 bits per heavy atom. The molecule has 0 radical (unpaired) electrons. The third kappa shape index (κ3) is 6.86. The molecule has 0 unspecified atom stereocenters. The number of rotatable bonds is 11. The molecule has 2 aromatic rings. The van der Waals surface area contributed by atoms with Crippen LogP contribution in [0.3, 0.4) is 0 Å². The van der Waals surface area contributed by atoms with E-state index in [0.717, 1.165) is 21.7 Å². The normalized spacial score (nSPS) is 11.9. The molecule has 0 aliphatic carbocycles. The Bertz CT molecular complexity index is 1100. The van der Waals surface area contributed by atoms with Gasteiger partial charge in [-0.05, 0) is 38.5 Å². The number of ether oxygens (including phenoxy) is 2. The van der Waals surface area contributed by atoms with Gasteiger partial charge >= 0.3 is 0 Å². The van der Waals surface area contributed by atoms with E-state index in [1.165, 1.54) is 25.2 Å². The largest absolute Gasteiger partial charge is 0.497 e. The lowest BCUT2D eigenvalue weighted by Crippen LogP contribution is -2.51. The van der Waals surface area contributed by atoms with Gasteiger partial charge in [-0.1, -0.05) is 29.8 Å². The predicted molar refractivity (Wildman–Crippen MR) is 132 cm³/mol. The lowest BCUT2D eigenvalue weighted by Gasteiger charge is -2.31. The first-order valence-corrected chi connectivity index (χ1v) is 12.7. The molecule has 2 amide bonds. The number of sulfonamides is 1. The molecule has 2 rings (SSSR count). The highest BCUT2D eigenvalue weighted by molar-refractivity contribution is 7.92. The third-order valence-corrected chi connectivity index (χ3v) is 6.45. The number of nitrogens with one attached hydrogen (secondary N) is 1. The molecular formula is C24H33N3O6S. The average Bonchev–Trinajstić information content (AvgIpc) is 2.80. The zero-order valence-electron chi connectivity index (χ0n) is 20.5. The van der Waals surface area contributed by atoms with E-state index in [0.29, 0.717) is 12.3 Å². The molecule has 0 heterocycles. The Balaban J connectivity index is 2.47. The average molecular weight is 492 g/mol. The zero-order chi connectivity index (χ0) is 25.5. The van der Waals surface area contributed by atoms with Crippen LogP contribution >= 0.6 is 0 Å². The van der Waals surface area contributed by atoms with Crippen LogP contribution in [0.5, 0.6) is 11.5 Å².